The molecule has 0 bridgehead atoms. The van der Waals surface area contributed by atoms with Crippen LogP contribution < -0.4 is 0 Å². The molecule has 0 aliphatic carbocycles. The van der Waals surface area contributed by atoms with Crippen molar-refractivity contribution in [1.82, 2.24) is 8.96 Å². The number of hydrogen-bond donors (Lipinski definition) is 0. The SMILES string of the molecule is O=S(=O)(c1ccccc1C(F)(F)F)n1c(CCc2ccco2)nc2ccccc21. The van der Waals surface area contributed by atoms with Crippen LogP contribution in [0.3, 0.4) is 0 Å². The van der Waals surface area contributed by atoms with Gasteiger partial charge in [-0.3, -0.25) is 0 Å². The smallest absolute Gasteiger partial charge is 0.417 e. The van der Waals surface area contributed by atoms with Crippen molar-refractivity contribution in [2.24, 2.45) is 0 Å². The first-order valence-corrected chi connectivity index (χ1v) is 10.1. The molecule has 0 aliphatic heterocycles. The molecule has 0 saturated heterocycles. The molecule has 4 aromatic rings. The molecule has 5 nitrogen and oxygen atoms in total. The normalized spacial score (nSPS) is 12.5. The van der Waals surface area contributed by atoms with Gasteiger partial charge in [0.05, 0.1) is 22.9 Å². The summed E-state index contributed by atoms with van der Waals surface area (Å²) in [6, 6.07) is 14.0. The fourth-order valence-corrected chi connectivity index (χ4v) is 4.93. The Morgan fingerprint density at radius 2 is 1.66 bits per heavy atom. The number of fused-ring (bicyclic) bond motifs is 1. The topological polar surface area (TPSA) is 65.1 Å². The molecule has 4 rings (SSSR count). The third-order valence-electron chi connectivity index (χ3n) is 4.47. The van der Waals surface area contributed by atoms with E-state index in [1.807, 2.05) is 0 Å². The Morgan fingerprint density at radius 3 is 2.38 bits per heavy atom. The van der Waals surface area contributed by atoms with Gasteiger partial charge in [-0.15, -0.1) is 0 Å². The van der Waals surface area contributed by atoms with E-state index in [2.05, 4.69) is 4.98 Å². The summed E-state index contributed by atoms with van der Waals surface area (Å²) in [6.45, 7) is 0. The number of aryl methyl sites for hydroxylation is 2. The molecule has 0 fully saturated rings. The molecule has 29 heavy (non-hydrogen) atoms. The molecule has 9 heteroatoms. The first-order valence-electron chi connectivity index (χ1n) is 8.69. The van der Waals surface area contributed by atoms with Crippen LogP contribution in [0.4, 0.5) is 13.2 Å². The van der Waals surface area contributed by atoms with Gasteiger partial charge in [-0.2, -0.15) is 13.2 Å². The van der Waals surface area contributed by atoms with Crippen molar-refractivity contribution in [1.29, 1.82) is 0 Å². The number of para-hydroxylation sites is 2. The van der Waals surface area contributed by atoms with E-state index in [0.29, 0.717) is 17.7 Å². The summed E-state index contributed by atoms with van der Waals surface area (Å²) < 4.78 is 73.3. The molecular formula is C20H15F3N2O3S. The second-order valence-electron chi connectivity index (χ2n) is 6.36. The third kappa shape index (κ3) is 3.53. The number of aromatic nitrogens is 2. The maximum absolute atomic E-state index is 13.5. The van der Waals surface area contributed by atoms with Gasteiger partial charge in [-0.05, 0) is 36.4 Å². The van der Waals surface area contributed by atoms with E-state index in [9.17, 15) is 21.6 Å². The first-order chi connectivity index (χ1) is 13.8. The Balaban J connectivity index is 1.90. The highest BCUT2D eigenvalue weighted by atomic mass is 32.2. The number of nitrogens with zero attached hydrogens (tertiary/aromatic N) is 2. The lowest BCUT2D eigenvalue weighted by Crippen LogP contribution is -2.21. The van der Waals surface area contributed by atoms with Crippen LogP contribution in [0.25, 0.3) is 11.0 Å². The number of hydrogen-bond acceptors (Lipinski definition) is 4. The highest BCUT2D eigenvalue weighted by molar-refractivity contribution is 7.90. The van der Waals surface area contributed by atoms with Crippen molar-refractivity contribution in [2.45, 2.75) is 23.9 Å². The van der Waals surface area contributed by atoms with E-state index in [1.165, 1.54) is 18.4 Å². The summed E-state index contributed by atoms with van der Waals surface area (Å²) in [5.74, 6) is 0.760. The Kier molecular flexibility index (Phi) is 4.70. The molecule has 0 atom stereocenters. The molecule has 0 spiro atoms. The van der Waals surface area contributed by atoms with Gasteiger partial charge in [-0.1, -0.05) is 24.3 Å². The van der Waals surface area contributed by atoms with Crippen molar-refractivity contribution in [3.63, 3.8) is 0 Å². The minimum absolute atomic E-state index is 0.138. The van der Waals surface area contributed by atoms with Gasteiger partial charge in [0.15, 0.2) is 0 Å². The molecule has 150 valence electrons. The lowest BCUT2D eigenvalue weighted by Gasteiger charge is -2.15. The minimum Gasteiger partial charge on any atom is -0.469 e. The molecule has 0 aliphatic rings. The van der Waals surface area contributed by atoms with E-state index < -0.39 is 26.7 Å². The zero-order chi connectivity index (χ0) is 20.6. The average Bonchev–Trinajstić information content (AvgIpc) is 3.33. The van der Waals surface area contributed by atoms with Crippen LogP contribution in [0, 0.1) is 0 Å². The number of alkyl halides is 3. The van der Waals surface area contributed by atoms with Gasteiger partial charge in [0.25, 0.3) is 10.0 Å². The number of rotatable bonds is 5. The molecule has 0 N–H and O–H groups in total. The molecule has 2 aromatic heterocycles. The number of benzene rings is 2. The van der Waals surface area contributed by atoms with Crippen LogP contribution in [0.2, 0.25) is 0 Å². The van der Waals surface area contributed by atoms with Crippen molar-refractivity contribution in [3.8, 4) is 0 Å². The van der Waals surface area contributed by atoms with Gasteiger partial charge >= 0.3 is 6.18 Å². The summed E-state index contributed by atoms with van der Waals surface area (Å²) in [5.41, 5.74) is -0.608. The third-order valence-corrected chi connectivity index (χ3v) is 6.27. The van der Waals surface area contributed by atoms with Crippen LogP contribution in [0.15, 0.2) is 76.2 Å². The summed E-state index contributed by atoms with van der Waals surface area (Å²) in [6.07, 6.45) is -2.79. The number of halogens is 3. The fraction of sp³-hybridized carbons (Fsp3) is 0.150. The summed E-state index contributed by atoms with van der Waals surface area (Å²) in [5, 5.41) is 0. The summed E-state index contributed by atoms with van der Waals surface area (Å²) in [7, 11) is -4.55. The lowest BCUT2D eigenvalue weighted by atomic mass is 10.2. The minimum atomic E-state index is -4.81. The Morgan fingerprint density at radius 1 is 0.931 bits per heavy atom. The predicted octanol–water partition coefficient (Wildman–Crippen LogP) is 4.67. The molecule has 0 radical (unpaired) electrons. The van der Waals surface area contributed by atoms with Crippen LogP contribution in [0.5, 0.6) is 0 Å². The van der Waals surface area contributed by atoms with Crippen molar-refractivity contribution in [3.05, 3.63) is 84.1 Å². The zero-order valence-electron chi connectivity index (χ0n) is 14.9. The van der Waals surface area contributed by atoms with E-state index in [-0.39, 0.29) is 17.8 Å². The second-order valence-corrected chi connectivity index (χ2v) is 8.11. The monoisotopic (exact) mass is 420 g/mol. The summed E-state index contributed by atoms with van der Waals surface area (Å²) in [4.78, 5) is 3.55. The second kappa shape index (κ2) is 7.07. The maximum Gasteiger partial charge on any atom is 0.417 e. The molecule has 2 heterocycles. The number of imidazole rings is 1. The van der Waals surface area contributed by atoms with Crippen LogP contribution in [0.1, 0.15) is 17.1 Å². The first kappa shape index (κ1) is 19.3. The average molecular weight is 420 g/mol. The van der Waals surface area contributed by atoms with E-state index in [4.69, 9.17) is 4.42 Å². The maximum atomic E-state index is 13.5. The van der Waals surface area contributed by atoms with Crippen LogP contribution in [-0.2, 0) is 29.0 Å². The molecule has 2 aromatic carbocycles. The van der Waals surface area contributed by atoms with E-state index >= 15 is 0 Å². The predicted molar refractivity (Wildman–Crippen MR) is 99.9 cm³/mol. The van der Waals surface area contributed by atoms with Crippen molar-refractivity contribution < 1.29 is 26.0 Å². The number of furan rings is 1. The van der Waals surface area contributed by atoms with Crippen LogP contribution in [-0.4, -0.2) is 17.4 Å². The van der Waals surface area contributed by atoms with Crippen molar-refractivity contribution >= 4 is 21.1 Å². The highest BCUT2D eigenvalue weighted by Crippen LogP contribution is 2.36. The van der Waals surface area contributed by atoms with Gasteiger partial charge in [0.2, 0.25) is 0 Å². The van der Waals surface area contributed by atoms with Gasteiger partial charge in [0.1, 0.15) is 16.5 Å². The van der Waals surface area contributed by atoms with E-state index in [1.54, 1.807) is 30.3 Å². The lowest BCUT2D eigenvalue weighted by molar-refractivity contribution is -0.139. The van der Waals surface area contributed by atoms with Gasteiger partial charge in [0, 0.05) is 12.8 Å². The van der Waals surface area contributed by atoms with Crippen molar-refractivity contribution in [2.75, 3.05) is 0 Å². The molecule has 0 saturated carbocycles. The Hall–Kier alpha value is -3.07. The molecule has 0 amide bonds. The van der Waals surface area contributed by atoms with Crippen LogP contribution >= 0.6 is 0 Å². The largest absolute Gasteiger partial charge is 0.469 e. The standard InChI is InChI=1S/C20H15F3N2O3S/c21-20(22,23)15-7-1-4-10-18(15)29(26,27)25-17-9-3-2-8-16(17)24-19(25)12-11-14-6-5-13-28-14/h1-10,13H,11-12H2. The zero-order valence-corrected chi connectivity index (χ0v) is 15.7. The quantitative estimate of drug-likeness (QED) is 0.471. The van der Waals surface area contributed by atoms with Gasteiger partial charge < -0.3 is 4.42 Å². The fourth-order valence-electron chi connectivity index (χ4n) is 3.19. The summed E-state index contributed by atoms with van der Waals surface area (Å²) >= 11 is 0. The van der Waals surface area contributed by atoms with Gasteiger partial charge in [-0.25, -0.2) is 17.4 Å². The Bertz CT molecular complexity index is 1260. The molecule has 0 unspecified atom stereocenters. The highest BCUT2D eigenvalue weighted by Gasteiger charge is 2.38. The Labute approximate surface area is 164 Å². The van der Waals surface area contributed by atoms with E-state index in [0.717, 1.165) is 22.2 Å². The molecular weight excluding hydrogens is 405 g/mol.